The molecular weight excluding hydrogens is 326 g/mol. The summed E-state index contributed by atoms with van der Waals surface area (Å²) in [5, 5.41) is 2.99. The number of benzene rings is 2. The number of ether oxygens (including phenoxy) is 1. The van der Waals surface area contributed by atoms with Crippen LogP contribution < -0.4 is 15.0 Å². The number of rotatable bonds is 1. The van der Waals surface area contributed by atoms with Crippen molar-refractivity contribution in [3.05, 3.63) is 72.1 Å². The van der Waals surface area contributed by atoms with Gasteiger partial charge in [0.05, 0.1) is 0 Å². The van der Waals surface area contributed by atoms with E-state index in [9.17, 15) is 4.79 Å². The number of fused-ring (bicyclic) bond motifs is 4. The van der Waals surface area contributed by atoms with Gasteiger partial charge in [0, 0.05) is 47.5 Å². The van der Waals surface area contributed by atoms with Crippen molar-refractivity contribution in [2.45, 2.75) is 13.0 Å². The fourth-order valence-electron chi connectivity index (χ4n) is 3.64. The number of nitrogens with one attached hydrogen (secondary N) is 1. The van der Waals surface area contributed by atoms with Crippen LogP contribution in [0.5, 0.6) is 5.75 Å². The van der Waals surface area contributed by atoms with Crippen LogP contribution in [0.15, 0.2) is 60.9 Å². The topological polar surface area (TPSA) is 54.5 Å². The summed E-state index contributed by atoms with van der Waals surface area (Å²) in [4.78, 5) is 18.6. The standard InChI is InChI=1S/C21H17N3O2/c25-21(24-10-8-14-3-1-2-4-19(14)24)23-16-5-6-18-17-7-9-22-12-15(17)13-26-20(18)11-16/h1-7,9,11-12H,8,10,13H2,(H,23,25). The van der Waals surface area contributed by atoms with E-state index in [0.717, 1.165) is 40.2 Å². The van der Waals surface area contributed by atoms with Crippen LogP contribution in [-0.4, -0.2) is 17.6 Å². The van der Waals surface area contributed by atoms with Gasteiger partial charge in [-0.1, -0.05) is 18.2 Å². The van der Waals surface area contributed by atoms with Crippen molar-refractivity contribution in [3.63, 3.8) is 0 Å². The van der Waals surface area contributed by atoms with Crippen molar-refractivity contribution < 1.29 is 9.53 Å². The minimum atomic E-state index is -0.115. The Balaban J connectivity index is 1.40. The third-order valence-electron chi connectivity index (χ3n) is 4.94. The van der Waals surface area contributed by atoms with Gasteiger partial charge in [-0.3, -0.25) is 9.88 Å². The number of hydrogen-bond acceptors (Lipinski definition) is 3. The second-order valence-electron chi connectivity index (χ2n) is 6.49. The second-order valence-corrected chi connectivity index (χ2v) is 6.49. The van der Waals surface area contributed by atoms with Gasteiger partial charge in [0.1, 0.15) is 12.4 Å². The second kappa shape index (κ2) is 5.88. The summed E-state index contributed by atoms with van der Waals surface area (Å²) < 4.78 is 5.85. The molecule has 26 heavy (non-hydrogen) atoms. The molecule has 0 fully saturated rings. The smallest absolute Gasteiger partial charge is 0.326 e. The van der Waals surface area contributed by atoms with E-state index in [0.29, 0.717) is 13.2 Å². The summed E-state index contributed by atoms with van der Waals surface area (Å²) in [5.74, 6) is 0.781. The molecule has 0 radical (unpaired) electrons. The van der Waals surface area contributed by atoms with Crippen LogP contribution in [0.3, 0.4) is 0 Å². The van der Waals surface area contributed by atoms with Gasteiger partial charge in [0.15, 0.2) is 0 Å². The highest BCUT2D eigenvalue weighted by molar-refractivity contribution is 6.03. The Hall–Kier alpha value is -3.34. The van der Waals surface area contributed by atoms with E-state index in [1.165, 1.54) is 5.56 Å². The zero-order valence-electron chi connectivity index (χ0n) is 14.1. The van der Waals surface area contributed by atoms with E-state index in [1.807, 2.05) is 48.7 Å². The normalized spacial score (nSPS) is 14.1. The lowest BCUT2D eigenvalue weighted by Gasteiger charge is -2.22. The lowest BCUT2D eigenvalue weighted by atomic mass is 9.99. The Kier molecular flexibility index (Phi) is 3.38. The van der Waals surface area contributed by atoms with Gasteiger partial charge in [0.25, 0.3) is 0 Å². The number of nitrogens with zero attached hydrogens (tertiary/aromatic N) is 2. The van der Waals surface area contributed by atoms with Gasteiger partial charge >= 0.3 is 6.03 Å². The summed E-state index contributed by atoms with van der Waals surface area (Å²) in [6.45, 7) is 1.19. The quantitative estimate of drug-likeness (QED) is 0.719. The molecule has 0 bridgehead atoms. The monoisotopic (exact) mass is 343 g/mol. The van der Waals surface area contributed by atoms with Crippen molar-refractivity contribution in [2.75, 3.05) is 16.8 Å². The molecule has 1 aromatic heterocycles. The van der Waals surface area contributed by atoms with Gasteiger partial charge in [-0.25, -0.2) is 4.79 Å². The Morgan fingerprint density at radius 3 is 2.96 bits per heavy atom. The van der Waals surface area contributed by atoms with Crippen molar-refractivity contribution in [1.82, 2.24) is 4.98 Å². The summed E-state index contributed by atoms with van der Waals surface area (Å²) >= 11 is 0. The van der Waals surface area contributed by atoms with Crippen molar-refractivity contribution in [1.29, 1.82) is 0 Å². The molecule has 5 rings (SSSR count). The SMILES string of the molecule is O=C(Nc1ccc2c(c1)OCc1cnccc1-2)N1CCc2ccccc21. The minimum Gasteiger partial charge on any atom is -0.488 e. The van der Waals surface area contributed by atoms with Crippen LogP contribution in [0.25, 0.3) is 11.1 Å². The van der Waals surface area contributed by atoms with E-state index < -0.39 is 0 Å². The molecule has 0 atom stereocenters. The molecule has 1 N–H and O–H groups in total. The van der Waals surface area contributed by atoms with Crippen LogP contribution in [0.1, 0.15) is 11.1 Å². The summed E-state index contributed by atoms with van der Waals surface area (Å²) in [6.07, 6.45) is 4.51. The van der Waals surface area contributed by atoms with E-state index in [-0.39, 0.29) is 6.03 Å². The van der Waals surface area contributed by atoms with E-state index in [1.54, 1.807) is 11.1 Å². The number of aromatic nitrogens is 1. The fraction of sp³-hybridized carbons (Fsp3) is 0.143. The maximum Gasteiger partial charge on any atom is 0.326 e. The Labute approximate surface area is 151 Å². The van der Waals surface area contributed by atoms with Crippen LogP contribution in [-0.2, 0) is 13.0 Å². The molecule has 2 aliphatic rings. The number of amides is 2. The minimum absolute atomic E-state index is 0.115. The molecule has 0 unspecified atom stereocenters. The summed E-state index contributed by atoms with van der Waals surface area (Å²) in [5.41, 5.74) is 6.16. The molecule has 3 heterocycles. The Morgan fingerprint density at radius 1 is 1.08 bits per heavy atom. The average Bonchev–Trinajstić information content (AvgIpc) is 3.12. The lowest BCUT2D eigenvalue weighted by Crippen LogP contribution is -2.33. The number of urea groups is 1. The molecule has 5 nitrogen and oxygen atoms in total. The van der Waals surface area contributed by atoms with Crippen LogP contribution in [0.4, 0.5) is 16.2 Å². The predicted molar refractivity (Wildman–Crippen MR) is 101 cm³/mol. The van der Waals surface area contributed by atoms with Gasteiger partial charge in [-0.2, -0.15) is 0 Å². The molecule has 0 spiro atoms. The van der Waals surface area contributed by atoms with Crippen molar-refractivity contribution in [2.24, 2.45) is 0 Å². The first kappa shape index (κ1) is 15.0. The van der Waals surface area contributed by atoms with Gasteiger partial charge < -0.3 is 10.1 Å². The van der Waals surface area contributed by atoms with E-state index in [4.69, 9.17) is 4.74 Å². The van der Waals surface area contributed by atoms with Crippen molar-refractivity contribution in [3.8, 4) is 16.9 Å². The Morgan fingerprint density at radius 2 is 2.00 bits per heavy atom. The number of anilines is 2. The molecule has 5 heteroatoms. The number of hydrogen-bond donors (Lipinski definition) is 1. The molecule has 0 aliphatic carbocycles. The first-order chi connectivity index (χ1) is 12.8. The number of carbonyl (C=O) groups excluding carboxylic acids is 1. The molecule has 128 valence electrons. The molecule has 2 aromatic carbocycles. The first-order valence-corrected chi connectivity index (χ1v) is 8.66. The third kappa shape index (κ3) is 2.40. The van der Waals surface area contributed by atoms with Gasteiger partial charge in [-0.15, -0.1) is 0 Å². The summed E-state index contributed by atoms with van der Waals surface area (Å²) in [6, 6.07) is 15.7. The molecule has 2 aliphatic heterocycles. The highest BCUT2D eigenvalue weighted by atomic mass is 16.5. The first-order valence-electron chi connectivity index (χ1n) is 8.66. The zero-order chi connectivity index (χ0) is 17.5. The van der Waals surface area contributed by atoms with Gasteiger partial charge in [-0.05, 0) is 41.8 Å². The van der Waals surface area contributed by atoms with E-state index in [2.05, 4.69) is 16.4 Å². The number of carbonyl (C=O) groups is 1. The molecule has 2 amide bonds. The van der Waals surface area contributed by atoms with Crippen LogP contribution >= 0.6 is 0 Å². The maximum atomic E-state index is 12.7. The van der Waals surface area contributed by atoms with Gasteiger partial charge in [0.2, 0.25) is 0 Å². The van der Waals surface area contributed by atoms with E-state index >= 15 is 0 Å². The Bertz CT molecular complexity index is 1020. The largest absolute Gasteiger partial charge is 0.488 e. The van der Waals surface area contributed by atoms with Crippen molar-refractivity contribution >= 4 is 17.4 Å². The lowest BCUT2D eigenvalue weighted by molar-refractivity contribution is 0.257. The fourth-order valence-corrected chi connectivity index (χ4v) is 3.64. The highest BCUT2D eigenvalue weighted by Gasteiger charge is 2.24. The number of para-hydroxylation sites is 1. The third-order valence-corrected chi connectivity index (χ3v) is 4.94. The molecule has 0 saturated heterocycles. The predicted octanol–water partition coefficient (Wildman–Crippen LogP) is 4.24. The van der Waals surface area contributed by atoms with Crippen LogP contribution in [0.2, 0.25) is 0 Å². The molecular formula is C21H17N3O2. The number of pyridine rings is 1. The summed E-state index contributed by atoms with van der Waals surface area (Å²) in [7, 11) is 0. The average molecular weight is 343 g/mol. The maximum absolute atomic E-state index is 12.7. The molecule has 0 saturated carbocycles. The molecule has 3 aromatic rings. The zero-order valence-corrected chi connectivity index (χ0v) is 14.1. The van der Waals surface area contributed by atoms with Crippen LogP contribution in [0, 0.1) is 0 Å². The highest BCUT2D eigenvalue weighted by Crippen LogP contribution is 2.38.